The molecule has 0 saturated carbocycles. The van der Waals surface area contributed by atoms with Crippen molar-refractivity contribution >= 4 is 41.2 Å². The number of anilines is 1. The van der Waals surface area contributed by atoms with Gasteiger partial charge in [0, 0.05) is 17.3 Å². The Kier molecular flexibility index (Phi) is 10.5. The summed E-state index contributed by atoms with van der Waals surface area (Å²) in [6, 6.07) is 18.8. The van der Waals surface area contributed by atoms with Crippen molar-refractivity contribution < 1.29 is 28.6 Å². The topological polar surface area (TPSA) is 127 Å². The van der Waals surface area contributed by atoms with E-state index >= 15 is 0 Å². The number of rotatable bonds is 11. The highest BCUT2D eigenvalue weighted by Crippen LogP contribution is 2.27. The maximum atomic E-state index is 12.0. The van der Waals surface area contributed by atoms with Gasteiger partial charge < -0.3 is 24.8 Å². The maximum absolute atomic E-state index is 12.0. The second-order valence-corrected chi connectivity index (χ2v) is 8.24. The van der Waals surface area contributed by atoms with Crippen LogP contribution in [0.15, 0.2) is 71.8 Å². The van der Waals surface area contributed by atoms with Crippen LogP contribution in [0, 0.1) is 0 Å². The van der Waals surface area contributed by atoms with Crippen molar-refractivity contribution in [3.05, 3.63) is 82.9 Å². The van der Waals surface area contributed by atoms with Crippen LogP contribution >= 0.6 is 11.6 Å². The van der Waals surface area contributed by atoms with E-state index in [1.54, 1.807) is 68.8 Å². The molecule has 0 radical (unpaired) electrons. The van der Waals surface area contributed by atoms with E-state index in [1.807, 2.05) is 12.1 Å². The molecule has 0 heterocycles. The van der Waals surface area contributed by atoms with Gasteiger partial charge in [-0.25, -0.2) is 5.43 Å². The zero-order valence-electron chi connectivity index (χ0n) is 20.8. The Bertz CT molecular complexity index is 1280. The number of nitrogens with zero attached hydrogens (tertiary/aromatic N) is 1. The maximum Gasteiger partial charge on any atom is 0.329 e. The van der Waals surface area contributed by atoms with Crippen LogP contribution in [0.5, 0.6) is 17.2 Å². The van der Waals surface area contributed by atoms with Gasteiger partial charge in [0.2, 0.25) is 0 Å². The lowest BCUT2D eigenvalue weighted by Crippen LogP contribution is -2.38. The van der Waals surface area contributed by atoms with Gasteiger partial charge in [-0.2, -0.15) is 5.10 Å². The number of benzene rings is 3. The SMILES string of the molecule is COc1ccc(CCNC(=O)C(=O)N/N=C\c2ccc(OCC(=O)Nc3ccc(Cl)cc3)cc2)cc1OC. The average molecular weight is 539 g/mol. The van der Waals surface area contributed by atoms with E-state index in [1.165, 1.54) is 6.21 Å². The van der Waals surface area contributed by atoms with Crippen molar-refractivity contribution in [3.63, 3.8) is 0 Å². The fraction of sp³-hybridized carbons (Fsp3) is 0.185. The van der Waals surface area contributed by atoms with Crippen LogP contribution in [0.25, 0.3) is 0 Å². The molecule has 0 unspecified atom stereocenters. The van der Waals surface area contributed by atoms with Crippen LogP contribution < -0.4 is 30.3 Å². The third kappa shape index (κ3) is 8.82. The standard InChI is InChI=1S/C27H27ClN4O6/c1-36-23-12-5-18(15-24(23)37-2)13-14-29-26(34)27(35)32-30-16-19-3-10-22(11-4-19)38-17-25(33)31-21-8-6-20(28)7-9-21/h3-12,15-16H,13-14,17H2,1-2H3,(H,29,34)(H,31,33)(H,32,35)/b30-16-. The number of nitrogens with one attached hydrogen (secondary N) is 3. The molecule has 0 aliphatic heterocycles. The van der Waals surface area contributed by atoms with E-state index in [9.17, 15) is 14.4 Å². The number of hydrogen-bond donors (Lipinski definition) is 3. The molecule has 3 N–H and O–H groups in total. The van der Waals surface area contributed by atoms with Crippen molar-refractivity contribution in [1.29, 1.82) is 0 Å². The summed E-state index contributed by atoms with van der Waals surface area (Å²) in [4.78, 5) is 36.0. The highest BCUT2D eigenvalue weighted by molar-refractivity contribution is 6.35. The average Bonchev–Trinajstić information content (AvgIpc) is 2.93. The van der Waals surface area contributed by atoms with Crippen LogP contribution in [0.3, 0.4) is 0 Å². The third-order valence-corrected chi connectivity index (χ3v) is 5.36. The zero-order chi connectivity index (χ0) is 27.3. The van der Waals surface area contributed by atoms with E-state index in [0.29, 0.717) is 39.9 Å². The number of halogens is 1. The first-order valence-electron chi connectivity index (χ1n) is 11.5. The molecule has 3 rings (SSSR count). The zero-order valence-corrected chi connectivity index (χ0v) is 21.6. The van der Waals surface area contributed by atoms with Crippen molar-refractivity contribution in [3.8, 4) is 17.2 Å². The number of ether oxygens (including phenoxy) is 3. The number of hydrazone groups is 1. The predicted molar refractivity (Wildman–Crippen MR) is 144 cm³/mol. The Morgan fingerprint density at radius 3 is 2.29 bits per heavy atom. The van der Waals surface area contributed by atoms with E-state index in [-0.39, 0.29) is 19.1 Å². The van der Waals surface area contributed by atoms with Gasteiger partial charge in [0.15, 0.2) is 18.1 Å². The lowest BCUT2D eigenvalue weighted by molar-refractivity contribution is -0.139. The monoisotopic (exact) mass is 538 g/mol. The summed E-state index contributed by atoms with van der Waals surface area (Å²) >= 11 is 5.82. The first-order valence-corrected chi connectivity index (χ1v) is 11.9. The summed E-state index contributed by atoms with van der Waals surface area (Å²) < 4.78 is 15.9. The minimum atomic E-state index is -0.889. The number of amides is 3. The molecule has 0 aliphatic carbocycles. The molecule has 3 amide bonds. The Balaban J connectivity index is 1.37. The largest absolute Gasteiger partial charge is 0.493 e. The summed E-state index contributed by atoms with van der Waals surface area (Å²) in [7, 11) is 3.10. The second-order valence-electron chi connectivity index (χ2n) is 7.81. The quantitative estimate of drug-likeness (QED) is 0.195. The van der Waals surface area contributed by atoms with E-state index < -0.39 is 11.8 Å². The van der Waals surface area contributed by atoms with Crippen molar-refractivity contribution in [1.82, 2.24) is 10.7 Å². The first kappa shape index (κ1) is 28.0. The molecule has 0 aromatic heterocycles. The van der Waals surface area contributed by atoms with Crippen LogP contribution in [-0.2, 0) is 20.8 Å². The lowest BCUT2D eigenvalue weighted by atomic mass is 10.1. The highest BCUT2D eigenvalue weighted by Gasteiger charge is 2.12. The molecule has 3 aromatic rings. The molecule has 0 bridgehead atoms. The molecular weight excluding hydrogens is 512 g/mol. The van der Waals surface area contributed by atoms with Gasteiger partial charge in [-0.05, 0) is 78.2 Å². The molecule has 0 fully saturated rings. The minimum absolute atomic E-state index is 0.173. The Hall–Kier alpha value is -4.57. The molecular formula is C27H27ClN4O6. The molecule has 38 heavy (non-hydrogen) atoms. The molecule has 0 saturated heterocycles. The van der Waals surface area contributed by atoms with Gasteiger partial charge >= 0.3 is 11.8 Å². The Morgan fingerprint density at radius 2 is 1.61 bits per heavy atom. The summed E-state index contributed by atoms with van der Waals surface area (Å²) in [5.74, 6) is -0.336. The highest BCUT2D eigenvalue weighted by atomic mass is 35.5. The molecule has 3 aromatic carbocycles. The van der Waals surface area contributed by atoms with Gasteiger partial charge in [-0.3, -0.25) is 14.4 Å². The molecule has 11 heteroatoms. The van der Waals surface area contributed by atoms with Crippen LogP contribution in [0.1, 0.15) is 11.1 Å². The number of hydrogen-bond acceptors (Lipinski definition) is 7. The molecule has 198 valence electrons. The molecule has 0 aliphatic rings. The summed E-state index contributed by atoms with van der Waals surface area (Å²) in [6.45, 7) is 0.0812. The molecule has 0 atom stereocenters. The van der Waals surface area contributed by atoms with Gasteiger partial charge in [-0.1, -0.05) is 17.7 Å². The second kappa shape index (κ2) is 14.2. The van der Waals surface area contributed by atoms with Gasteiger partial charge in [0.05, 0.1) is 20.4 Å². The van der Waals surface area contributed by atoms with Crippen molar-refractivity contribution in [2.24, 2.45) is 5.10 Å². The minimum Gasteiger partial charge on any atom is -0.493 e. The molecule has 10 nitrogen and oxygen atoms in total. The molecule has 0 spiro atoms. The fourth-order valence-corrected chi connectivity index (χ4v) is 3.31. The third-order valence-electron chi connectivity index (χ3n) is 5.11. The van der Waals surface area contributed by atoms with Crippen LogP contribution in [0.4, 0.5) is 5.69 Å². The fourth-order valence-electron chi connectivity index (χ4n) is 3.18. The van der Waals surface area contributed by atoms with E-state index in [0.717, 1.165) is 5.56 Å². The number of carbonyl (C=O) groups is 3. The van der Waals surface area contributed by atoms with E-state index in [4.69, 9.17) is 25.8 Å². The van der Waals surface area contributed by atoms with Gasteiger partial charge in [0.25, 0.3) is 5.91 Å². The van der Waals surface area contributed by atoms with Crippen LogP contribution in [-0.4, -0.2) is 51.3 Å². The lowest BCUT2D eigenvalue weighted by Gasteiger charge is -2.10. The predicted octanol–water partition coefficient (Wildman–Crippen LogP) is 3.18. The van der Waals surface area contributed by atoms with Gasteiger partial charge in [-0.15, -0.1) is 0 Å². The smallest absolute Gasteiger partial charge is 0.329 e. The summed E-state index contributed by atoms with van der Waals surface area (Å²) in [5.41, 5.74) is 4.36. The normalized spacial score (nSPS) is 10.5. The first-order chi connectivity index (χ1) is 18.4. The van der Waals surface area contributed by atoms with Crippen molar-refractivity contribution in [2.45, 2.75) is 6.42 Å². The summed E-state index contributed by atoms with van der Waals surface area (Å²) in [5, 5.41) is 9.62. The summed E-state index contributed by atoms with van der Waals surface area (Å²) in [6.07, 6.45) is 1.88. The van der Waals surface area contributed by atoms with Crippen LogP contribution in [0.2, 0.25) is 5.02 Å². The van der Waals surface area contributed by atoms with E-state index in [2.05, 4.69) is 21.2 Å². The Labute approximate surface area is 224 Å². The van der Waals surface area contributed by atoms with Crippen molar-refractivity contribution in [2.75, 3.05) is 32.7 Å². The van der Waals surface area contributed by atoms with Gasteiger partial charge in [0.1, 0.15) is 5.75 Å². The number of carbonyl (C=O) groups excluding carboxylic acids is 3. The Morgan fingerprint density at radius 1 is 0.895 bits per heavy atom. The number of methoxy groups -OCH3 is 2.